The summed E-state index contributed by atoms with van der Waals surface area (Å²) in [6.07, 6.45) is 0. The number of hydrogen-bond donors (Lipinski definition) is 1. The number of rotatable bonds is 1. The normalized spacial score (nSPS) is 10.2. The van der Waals surface area contributed by atoms with E-state index in [4.69, 9.17) is 0 Å². The molecule has 66 valence electrons. The van der Waals surface area contributed by atoms with Crippen LogP contribution < -0.4 is 0 Å². The number of benzene rings is 1. The molecule has 0 aliphatic carbocycles. The van der Waals surface area contributed by atoms with E-state index in [-0.39, 0.29) is 20.5 Å². The van der Waals surface area contributed by atoms with Crippen LogP contribution in [-0.2, 0) is 0 Å². The summed E-state index contributed by atoms with van der Waals surface area (Å²) >= 11 is 0.118. The summed E-state index contributed by atoms with van der Waals surface area (Å²) in [7, 11) is 0. The van der Waals surface area contributed by atoms with Crippen LogP contribution in [0.5, 0.6) is 5.75 Å². The summed E-state index contributed by atoms with van der Waals surface area (Å²) in [5, 5.41) is 13.6. The molecule has 0 saturated heterocycles. The van der Waals surface area contributed by atoms with E-state index >= 15 is 0 Å². The van der Waals surface area contributed by atoms with Gasteiger partial charge in [0.15, 0.2) is 0 Å². The van der Waals surface area contributed by atoms with Crippen molar-refractivity contribution in [2.24, 2.45) is 0 Å². The summed E-state index contributed by atoms with van der Waals surface area (Å²) in [6.45, 7) is 1.94. The number of aryl methyl sites for hydroxylation is 1. The van der Waals surface area contributed by atoms with Crippen molar-refractivity contribution in [3.63, 3.8) is 0 Å². The molecule has 1 heterocycles. The number of hydrogen-bond acceptors (Lipinski definition) is 3. The van der Waals surface area contributed by atoms with Gasteiger partial charge in [-0.25, -0.2) is 0 Å². The number of aromatic hydroxyl groups is 1. The fourth-order valence-electron chi connectivity index (χ4n) is 1.14. The van der Waals surface area contributed by atoms with E-state index in [1.807, 2.05) is 24.0 Å². The first-order chi connectivity index (χ1) is 6.27. The monoisotopic (exact) mass is 240 g/mol. The summed E-state index contributed by atoms with van der Waals surface area (Å²) in [5.41, 5.74) is 2.61. The standard InChI is InChI=1S/C9H8N2OSe/c1-6-2-3-7(9(12)4-6)8-5-13-11-10-8/h2-5,12H,1H3. The molecule has 1 N–H and O–H groups in total. The maximum absolute atomic E-state index is 9.62. The number of aromatic nitrogens is 2. The zero-order chi connectivity index (χ0) is 9.26. The Morgan fingerprint density at radius 2 is 2.23 bits per heavy atom. The Morgan fingerprint density at radius 1 is 1.38 bits per heavy atom. The molecule has 0 atom stereocenters. The molecule has 0 amide bonds. The molecule has 1 aromatic carbocycles. The Kier molecular flexibility index (Phi) is 2.17. The zero-order valence-electron chi connectivity index (χ0n) is 7.06. The van der Waals surface area contributed by atoms with Crippen LogP contribution in [0, 0.1) is 6.92 Å². The van der Waals surface area contributed by atoms with Gasteiger partial charge in [0, 0.05) is 0 Å². The van der Waals surface area contributed by atoms with Crippen LogP contribution >= 0.6 is 0 Å². The molecule has 0 unspecified atom stereocenters. The van der Waals surface area contributed by atoms with E-state index in [0.29, 0.717) is 0 Å². The summed E-state index contributed by atoms with van der Waals surface area (Å²) < 4.78 is 3.89. The fourth-order valence-corrected chi connectivity index (χ4v) is 2.10. The Morgan fingerprint density at radius 3 is 2.85 bits per heavy atom. The second-order valence-corrected chi connectivity index (χ2v) is 4.09. The van der Waals surface area contributed by atoms with Crippen LogP contribution in [-0.4, -0.2) is 29.0 Å². The molecule has 3 nitrogen and oxygen atoms in total. The van der Waals surface area contributed by atoms with Crippen LogP contribution in [0.2, 0.25) is 0 Å². The number of phenolic OH excluding ortho intramolecular Hbond substituents is 1. The third kappa shape index (κ3) is 1.64. The van der Waals surface area contributed by atoms with Gasteiger partial charge in [0.1, 0.15) is 0 Å². The second kappa shape index (κ2) is 3.32. The number of nitrogens with zero attached hydrogens (tertiary/aromatic N) is 2. The molecular formula is C9H8N2OSe. The predicted octanol–water partition coefficient (Wildman–Crippen LogP) is 1.21. The van der Waals surface area contributed by atoms with Crippen molar-refractivity contribution in [2.45, 2.75) is 6.92 Å². The first-order valence-electron chi connectivity index (χ1n) is 3.84. The quantitative estimate of drug-likeness (QED) is 0.761. The van der Waals surface area contributed by atoms with Crippen molar-refractivity contribution in [3.05, 3.63) is 28.7 Å². The van der Waals surface area contributed by atoms with Crippen LogP contribution in [0.15, 0.2) is 23.1 Å². The first-order valence-corrected chi connectivity index (χ1v) is 5.60. The van der Waals surface area contributed by atoms with Gasteiger partial charge in [0.25, 0.3) is 0 Å². The maximum atomic E-state index is 9.62. The third-order valence-corrected chi connectivity index (χ3v) is 2.85. The van der Waals surface area contributed by atoms with Gasteiger partial charge in [-0.1, -0.05) is 0 Å². The molecule has 0 spiro atoms. The molecular weight excluding hydrogens is 231 g/mol. The van der Waals surface area contributed by atoms with Gasteiger partial charge in [0.05, 0.1) is 0 Å². The molecule has 2 rings (SSSR count). The average molecular weight is 239 g/mol. The van der Waals surface area contributed by atoms with Gasteiger partial charge in [-0.3, -0.25) is 0 Å². The van der Waals surface area contributed by atoms with Gasteiger partial charge in [-0.15, -0.1) is 0 Å². The topological polar surface area (TPSA) is 46.0 Å². The van der Waals surface area contributed by atoms with E-state index in [2.05, 4.69) is 9.19 Å². The van der Waals surface area contributed by atoms with Crippen molar-refractivity contribution in [1.29, 1.82) is 0 Å². The molecule has 4 heteroatoms. The molecule has 0 bridgehead atoms. The van der Waals surface area contributed by atoms with Crippen molar-refractivity contribution >= 4 is 14.7 Å². The first kappa shape index (κ1) is 8.48. The molecule has 0 saturated carbocycles. The summed E-state index contributed by atoms with van der Waals surface area (Å²) in [5.74, 6) is 0.280. The van der Waals surface area contributed by atoms with Gasteiger partial charge in [0.2, 0.25) is 0 Å². The van der Waals surface area contributed by atoms with Gasteiger partial charge >= 0.3 is 81.7 Å². The predicted molar refractivity (Wildman–Crippen MR) is 50.8 cm³/mol. The third-order valence-electron chi connectivity index (χ3n) is 1.79. The van der Waals surface area contributed by atoms with Gasteiger partial charge in [-0.05, 0) is 0 Å². The SMILES string of the molecule is Cc1ccc(-c2c[se]nn2)c(O)c1. The van der Waals surface area contributed by atoms with E-state index in [1.165, 1.54) is 0 Å². The van der Waals surface area contributed by atoms with Crippen LogP contribution in [0.25, 0.3) is 11.3 Å². The zero-order valence-corrected chi connectivity index (χ0v) is 8.77. The Bertz CT molecular complexity index is 412. The fraction of sp³-hybridized carbons (Fsp3) is 0.111. The van der Waals surface area contributed by atoms with Gasteiger partial charge < -0.3 is 0 Å². The molecule has 1 aromatic heterocycles. The second-order valence-electron chi connectivity index (χ2n) is 2.81. The Labute approximate surface area is 82.0 Å². The minimum absolute atomic E-state index is 0.118. The molecule has 0 aliphatic heterocycles. The van der Waals surface area contributed by atoms with Crippen LogP contribution in [0.3, 0.4) is 0 Å². The van der Waals surface area contributed by atoms with Crippen molar-refractivity contribution < 1.29 is 5.11 Å². The Balaban J connectivity index is 2.53. The van der Waals surface area contributed by atoms with E-state index in [1.54, 1.807) is 6.07 Å². The molecule has 2 aromatic rings. The summed E-state index contributed by atoms with van der Waals surface area (Å²) in [4.78, 5) is 1.96. The number of phenols is 1. The van der Waals surface area contributed by atoms with E-state index in [9.17, 15) is 5.11 Å². The molecule has 0 radical (unpaired) electrons. The summed E-state index contributed by atoms with van der Waals surface area (Å²) in [6, 6.07) is 5.56. The minimum atomic E-state index is 0.118. The van der Waals surface area contributed by atoms with Crippen molar-refractivity contribution in [2.75, 3.05) is 0 Å². The van der Waals surface area contributed by atoms with Crippen molar-refractivity contribution in [3.8, 4) is 17.0 Å². The van der Waals surface area contributed by atoms with E-state index in [0.717, 1.165) is 16.8 Å². The van der Waals surface area contributed by atoms with Crippen molar-refractivity contribution in [1.82, 2.24) is 9.19 Å². The van der Waals surface area contributed by atoms with E-state index < -0.39 is 0 Å². The molecule has 0 fully saturated rings. The Hall–Kier alpha value is -1.12. The van der Waals surface area contributed by atoms with Crippen LogP contribution in [0.4, 0.5) is 0 Å². The van der Waals surface area contributed by atoms with Crippen LogP contribution in [0.1, 0.15) is 5.56 Å². The molecule has 13 heavy (non-hydrogen) atoms. The molecule has 0 aliphatic rings. The van der Waals surface area contributed by atoms with Gasteiger partial charge in [-0.2, -0.15) is 0 Å². The average Bonchev–Trinajstić information content (AvgIpc) is 2.56.